The summed E-state index contributed by atoms with van der Waals surface area (Å²) in [5, 5.41) is 3.42. The van der Waals surface area contributed by atoms with Crippen molar-refractivity contribution in [2.24, 2.45) is 16.8 Å². The minimum absolute atomic E-state index is 0.00241. The first-order valence-electron chi connectivity index (χ1n) is 8.88. The van der Waals surface area contributed by atoms with E-state index in [-0.39, 0.29) is 5.41 Å². The fourth-order valence-electron chi connectivity index (χ4n) is 3.80. The highest BCUT2D eigenvalue weighted by atomic mass is 16.4. The number of guanidine groups is 1. The summed E-state index contributed by atoms with van der Waals surface area (Å²) in [5.41, 5.74) is -0.00241. The Hall–Kier alpha value is -1.52. The number of hydrogen-bond acceptors (Lipinski definition) is 3. The van der Waals surface area contributed by atoms with E-state index in [2.05, 4.69) is 41.0 Å². The number of rotatable bonds is 2. The minimum atomic E-state index is -0.00241. The number of fused-ring (bicyclic) bond motifs is 1. The van der Waals surface area contributed by atoms with Gasteiger partial charge in [-0.2, -0.15) is 0 Å². The monoisotopic (exact) mass is 318 g/mol. The third kappa shape index (κ3) is 3.70. The smallest absolute Gasteiger partial charge is 0.213 e. The second-order valence-corrected chi connectivity index (χ2v) is 7.98. The van der Waals surface area contributed by atoms with Crippen molar-refractivity contribution >= 4 is 5.96 Å². The summed E-state index contributed by atoms with van der Waals surface area (Å²) < 4.78 is 5.85. The summed E-state index contributed by atoms with van der Waals surface area (Å²) in [5.74, 6) is 4.35. The van der Waals surface area contributed by atoms with Crippen molar-refractivity contribution in [3.05, 3.63) is 17.8 Å². The van der Waals surface area contributed by atoms with Crippen molar-refractivity contribution in [3.8, 4) is 0 Å². The number of aliphatic imine (C=N–C) groups is 1. The Kier molecular flexibility index (Phi) is 4.64. The van der Waals surface area contributed by atoms with Gasteiger partial charge in [0.1, 0.15) is 5.76 Å². The molecule has 1 saturated heterocycles. The molecule has 1 aromatic rings. The van der Waals surface area contributed by atoms with Crippen molar-refractivity contribution in [1.29, 1.82) is 0 Å². The van der Waals surface area contributed by atoms with Gasteiger partial charge in [-0.25, -0.2) is 4.98 Å². The van der Waals surface area contributed by atoms with Crippen LogP contribution in [0.1, 0.15) is 58.1 Å². The summed E-state index contributed by atoms with van der Waals surface area (Å²) in [6.45, 7) is 9.28. The third-order valence-electron chi connectivity index (χ3n) is 5.18. The Balaban J connectivity index is 1.57. The van der Waals surface area contributed by atoms with Gasteiger partial charge < -0.3 is 14.6 Å². The second kappa shape index (κ2) is 6.54. The lowest BCUT2D eigenvalue weighted by Gasteiger charge is -2.22. The normalized spacial score (nSPS) is 25.6. The summed E-state index contributed by atoms with van der Waals surface area (Å²) in [6.07, 6.45) is 7.39. The first-order chi connectivity index (χ1) is 11.0. The van der Waals surface area contributed by atoms with Gasteiger partial charge in [0.15, 0.2) is 5.96 Å². The third-order valence-corrected chi connectivity index (χ3v) is 5.18. The molecule has 1 saturated carbocycles. The molecular formula is C18H30N4O. The molecule has 5 nitrogen and oxygen atoms in total. The van der Waals surface area contributed by atoms with E-state index >= 15 is 0 Å². The van der Waals surface area contributed by atoms with Crippen LogP contribution in [0, 0.1) is 11.8 Å². The molecule has 5 heteroatoms. The molecule has 3 rings (SSSR count). The summed E-state index contributed by atoms with van der Waals surface area (Å²) >= 11 is 0. The van der Waals surface area contributed by atoms with Gasteiger partial charge in [-0.3, -0.25) is 4.99 Å². The fraction of sp³-hybridized carbons (Fsp3) is 0.778. The second-order valence-electron chi connectivity index (χ2n) is 7.98. The molecule has 1 aliphatic carbocycles. The Morgan fingerprint density at radius 1 is 1.30 bits per heavy atom. The first-order valence-corrected chi connectivity index (χ1v) is 8.88. The number of oxazole rings is 1. The lowest BCUT2D eigenvalue weighted by molar-refractivity contribution is 0.299. The molecule has 128 valence electrons. The molecule has 0 spiro atoms. The molecule has 0 bridgehead atoms. The average Bonchev–Trinajstić information content (AvgIpc) is 3.13. The standard InChI is InChI=1S/C18H30N4O/c1-18(2,3)15-9-20-16(23-15)10-21-17(19-4)22-11-13-7-5-6-8-14(13)12-22/h9,13-14H,5-8,10-12H2,1-4H3,(H,19,21). The summed E-state index contributed by atoms with van der Waals surface area (Å²) in [7, 11) is 1.86. The lowest BCUT2D eigenvalue weighted by atomic mass is 9.82. The molecule has 0 radical (unpaired) electrons. The minimum Gasteiger partial charge on any atom is -0.443 e. The Labute approximate surface area is 139 Å². The number of nitrogens with one attached hydrogen (secondary N) is 1. The van der Waals surface area contributed by atoms with E-state index in [0.29, 0.717) is 6.54 Å². The van der Waals surface area contributed by atoms with Crippen LogP contribution in [0.5, 0.6) is 0 Å². The molecule has 2 fully saturated rings. The quantitative estimate of drug-likeness (QED) is 0.672. The highest BCUT2D eigenvalue weighted by Gasteiger charge is 2.35. The molecule has 2 unspecified atom stereocenters. The molecular weight excluding hydrogens is 288 g/mol. The molecule has 0 amide bonds. The van der Waals surface area contributed by atoms with Gasteiger partial charge in [-0.1, -0.05) is 33.6 Å². The van der Waals surface area contributed by atoms with Crippen molar-refractivity contribution in [2.75, 3.05) is 20.1 Å². The predicted molar refractivity (Wildman–Crippen MR) is 92.4 cm³/mol. The van der Waals surface area contributed by atoms with Crippen LogP contribution in [0.2, 0.25) is 0 Å². The number of hydrogen-bond donors (Lipinski definition) is 1. The van der Waals surface area contributed by atoms with Crippen LogP contribution in [0.3, 0.4) is 0 Å². The van der Waals surface area contributed by atoms with E-state index in [9.17, 15) is 0 Å². The van der Waals surface area contributed by atoms with E-state index in [0.717, 1.165) is 42.5 Å². The zero-order valence-electron chi connectivity index (χ0n) is 14.9. The summed E-state index contributed by atoms with van der Waals surface area (Å²) in [6, 6.07) is 0. The highest BCUT2D eigenvalue weighted by molar-refractivity contribution is 5.80. The Morgan fingerprint density at radius 2 is 1.96 bits per heavy atom. The van der Waals surface area contributed by atoms with Crippen LogP contribution in [0.25, 0.3) is 0 Å². The number of likely N-dealkylation sites (tertiary alicyclic amines) is 1. The molecule has 1 aromatic heterocycles. The SMILES string of the molecule is CN=C(NCc1ncc(C(C)(C)C)o1)N1CC2CCCCC2C1. The van der Waals surface area contributed by atoms with Gasteiger partial charge in [-0.15, -0.1) is 0 Å². The maximum atomic E-state index is 5.85. The Morgan fingerprint density at radius 3 is 2.48 bits per heavy atom. The van der Waals surface area contributed by atoms with Crippen LogP contribution in [-0.4, -0.2) is 36.0 Å². The van der Waals surface area contributed by atoms with Crippen LogP contribution in [-0.2, 0) is 12.0 Å². The maximum absolute atomic E-state index is 5.85. The lowest BCUT2D eigenvalue weighted by Crippen LogP contribution is -2.39. The molecule has 23 heavy (non-hydrogen) atoms. The molecule has 2 aliphatic rings. The molecule has 1 aliphatic heterocycles. The van der Waals surface area contributed by atoms with Crippen LogP contribution in [0.4, 0.5) is 0 Å². The number of aromatic nitrogens is 1. The van der Waals surface area contributed by atoms with Gasteiger partial charge in [0.2, 0.25) is 5.89 Å². The molecule has 2 heterocycles. The van der Waals surface area contributed by atoms with E-state index in [1.807, 2.05) is 13.2 Å². The van der Waals surface area contributed by atoms with Crippen molar-refractivity contribution in [3.63, 3.8) is 0 Å². The topological polar surface area (TPSA) is 53.7 Å². The zero-order valence-corrected chi connectivity index (χ0v) is 14.9. The van der Waals surface area contributed by atoms with Crippen LogP contribution < -0.4 is 5.32 Å². The first kappa shape index (κ1) is 16.3. The number of nitrogens with zero attached hydrogens (tertiary/aromatic N) is 3. The van der Waals surface area contributed by atoms with Gasteiger partial charge in [0.25, 0.3) is 0 Å². The Bertz CT molecular complexity index is 544. The molecule has 2 atom stereocenters. The predicted octanol–water partition coefficient (Wildman–Crippen LogP) is 3.17. The average molecular weight is 318 g/mol. The summed E-state index contributed by atoms with van der Waals surface area (Å²) in [4.78, 5) is 11.3. The highest BCUT2D eigenvalue weighted by Crippen LogP contribution is 2.35. The van der Waals surface area contributed by atoms with Crippen molar-refractivity contribution in [1.82, 2.24) is 15.2 Å². The molecule has 1 N–H and O–H groups in total. The zero-order chi connectivity index (χ0) is 16.4. The van der Waals surface area contributed by atoms with E-state index in [1.54, 1.807) is 0 Å². The van der Waals surface area contributed by atoms with Crippen LogP contribution >= 0.6 is 0 Å². The fourth-order valence-corrected chi connectivity index (χ4v) is 3.80. The largest absolute Gasteiger partial charge is 0.443 e. The van der Waals surface area contributed by atoms with Crippen LogP contribution in [0.15, 0.2) is 15.6 Å². The van der Waals surface area contributed by atoms with Gasteiger partial charge >= 0.3 is 0 Å². The van der Waals surface area contributed by atoms with Gasteiger partial charge in [0, 0.05) is 25.6 Å². The van der Waals surface area contributed by atoms with E-state index < -0.39 is 0 Å². The van der Waals surface area contributed by atoms with Crippen molar-refractivity contribution in [2.45, 2.75) is 58.4 Å². The molecule has 0 aromatic carbocycles. The van der Waals surface area contributed by atoms with E-state index in [4.69, 9.17) is 4.42 Å². The maximum Gasteiger partial charge on any atom is 0.213 e. The van der Waals surface area contributed by atoms with Gasteiger partial charge in [-0.05, 0) is 24.7 Å². The van der Waals surface area contributed by atoms with Crippen molar-refractivity contribution < 1.29 is 4.42 Å². The van der Waals surface area contributed by atoms with E-state index in [1.165, 1.54) is 25.7 Å². The van der Waals surface area contributed by atoms with Gasteiger partial charge in [0.05, 0.1) is 12.7 Å².